The normalized spacial score (nSPS) is 20.4. The van der Waals surface area contributed by atoms with E-state index < -0.39 is 16.9 Å². The number of carbonyl (C=O) groups is 1. The second-order valence-corrected chi connectivity index (χ2v) is 5.14. The van der Waals surface area contributed by atoms with Crippen LogP contribution >= 0.6 is 0 Å². The molecule has 3 rings (SSSR count). The van der Waals surface area contributed by atoms with E-state index >= 15 is 0 Å². The highest BCUT2D eigenvalue weighted by molar-refractivity contribution is 6.10. The molecule has 1 aliphatic rings. The zero-order valence-corrected chi connectivity index (χ0v) is 11.5. The van der Waals surface area contributed by atoms with Crippen LogP contribution in [0.5, 0.6) is 0 Å². The molecule has 0 bridgehead atoms. The minimum Gasteiger partial charge on any atom is -0.314 e. The van der Waals surface area contributed by atoms with Crippen molar-refractivity contribution in [1.82, 2.24) is 0 Å². The van der Waals surface area contributed by atoms with Crippen molar-refractivity contribution in [2.45, 2.75) is 5.41 Å². The Bertz CT molecular complexity index is 714. The largest absolute Gasteiger partial charge is 0.314 e. The van der Waals surface area contributed by atoms with Crippen LogP contribution < -0.4 is 4.90 Å². The number of hydrogen-bond donors (Lipinski definition) is 0. The first-order valence-corrected chi connectivity index (χ1v) is 6.62. The van der Waals surface area contributed by atoms with E-state index in [1.54, 1.807) is 37.4 Å². The summed E-state index contributed by atoms with van der Waals surface area (Å²) < 4.78 is 0. The Labute approximate surface area is 122 Å². The number of nitro groups is 1. The SMILES string of the molecule is CN1C(=O)[C@@](C[N+](=O)[O-])(c2ccccc2)c2ccccc21. The standard InChI is InChI=1S/C16H14N2O3/c1-17-14-10-6-5-9-13(14)16(15(17)19,11-18(20)21)12-7-3-2-4-8-12/h2-10H,11H2,1H3/t16-/m0/s1. The van der Waals surface area contributed by atoms with Gasteiger partial charge in [-0.3, -0.25) is 14.9 Å². The Morgan fingerprint density at radius 2 is 1.71 bits per heavy atom. The Balaban J connectivity index is 2.31. The number of nitrogens with zero attached hydrogens (tertiary/aromatic N) is 2. The summed E-state index contributed by atoms with van der Waals surface area (Å²) in [5.74, 6) is -0.258. The van der Waals surface area contributed by atoms with Crippen molar-refractivity contribution < 1.29 is 9.72 Å². The molecule has 1 aliphatic heterocycles. The lowest BCUT2D eigenvalue weighted by Gasteiger charge is -2.24. The molecular formula is C16H14N2O3. The third-order valence-electron chi connectivity index (χ3n) is 4.03. The summed E-state index contributed by atoms with van der Waals surface area (Å²) in [6.45, 7) is -0.447. The fourth-order valence-corrected chi connectivity index (χ4v) is 3.08. The topological polar surface area (TPSA) is 63.5 Å². The van der Waals surface area contributed by atoms with Gasteiger partial charge in [0.1, 0.15) is 0 Å². The molecule has 0 saturated carbocycles. The highest BCUT2D eigenvalue weighted by atomic mass is 16.6. The summed E-state index contributed by atoms with van der Waals surface area (Å²) in [6, 6.07) is 16.2. The van der Waals surface area contributed by atoms with E-state index in [4.69, 9.17) is 0 Å². The third kappa shape index (κ3) is 1.81. The Hall–Kier alpha value is -2.69. The van der Waals surface area contributed by atoms with Crippen molar-refractivity contribution >= 4 is 11.6 Å². The minimum atomic E-state index is -1.24. The fourth-order valence-electron chi connectivity index (χ4n) is 3.08. The number of fused-ring (bicyclic) bond motifs is 1. The van der Waals surface area contributed by atoms with E-state index in [0.29, 0.717) is 11.1 Å². The molecule has 1 amide bonds. The molecule has 0 fully saturated rings. The van der Waals surface area contributed by atoms with E-state index in [2.05, 4.69) is 0 Å². The van der Waals surface area contributed by atoms with Crippen LogP contribution in [0.4, 0.5) is 5.69 Å². The van der Waals surface area contributed by atoms with Crippen molar-refractivity contribution in [1.29, 1.82) is 0 Å². The minimum absolute atomic E-state index is 0.258. The van der Waals surface area contributed by atoms with Gasteiger partial charge in [0.15, 0.2) is 5.41 Å². The van der Waals surface area contributed by atoms with Crippen molar-refractivity contribution in [3.8, 4) is 0 Å². The van der Waals surface area contributed by atoms with Crippen LogP contribution in [0.1, 0.15) is 11.1 Å². The summed E-state index contributed by atoms with van der Waals surface area (Å²) in [7, 11) is 1.66. The molecule has 0 spiro atoms. The van der Waals surface area contributed by atoms with Gasteiger partial charge in [0, 0.05) is 23.2 Å². The van der Waals surface area contributed by atoms with Crippen LogP contribution in [0, 0.1) is 10.1 Å². The lowest BCUT2D eigenvalue weighted by molar-refractivity contribution is -0.486. The number of anilines is 1. The second kappa shape index (κ2) is 4.70. The number of benzene rings is 2. The number of likely N-dealkylation sites (N-methyl/N-ethyl adjacent to an activating group) is 1. The van der Waals surface area contributed by atoms with Crippen LogP contribution in [0.3, 0.4) is 0 Å². The highest BCUT2D eigenvalue weighted by Gasteiger charge is 2.54. The number of hydrogen-bond acceptors (Lipinski definition) is 3. The Morgan fingerprint density at radius 3 is 2.38 bits per heavy atom. The van der Waals surface area contributed by atoms with Gasteiger partial charge in [0.2, 0.25) is 12.5 Å². The monoisotopic (exact) mass is 282 g/mol. The van der Waals surface area contributed by atoms with Gasteiger partial charge < -0.3 is 4.90 Å². The van der Waals surface area contributed by atoms with Gasteiger partial charge in [-0.1, -0.05) is 48.5 Å². The zero-order valence-electron chi connectivity index (χ0n) is 11.5. The fraction of sp³-hybridized carbons (Fsp3) is 0.188. The molecule has 1 atom stereocenters. The predicted octanol–water partition coefficient (Wildman–Crippen LogP) is 2.23. The number of amides is 1. The number of rotatable bonds is 3. The molecule has 21 heavy (non-hydrogen) atoms. The van der Waals surface area contributed by atoms with Crippen LogP contribution in [-0.2, 0) is 10.2 Å². The molecule has 5 nitrogen and oxygen atoms in total. The quantitative estimate of drug-likeness (QED) is 0.640. The first-order chi connectivity index (χ1) is 10.1. The molecule has 0 N–H and O–H groups in total. The summed E-state index contributed by atoms with van der Waals surface area (Å²) in [5.41, 5.74) is 0.841. The summed E-state index contributed by atoms with van der Waals surface area (Å²) in [4.78, 5) is 25.2. The van der Waals surface area contributed by atoms with Crippen molar-refractivity contribution in [2.24, 2.45) is 0 Å². The molecule has 0 aliphatic carbocycles. The van der Waals surface area contributed by atoms with Crippen molar-refractivity contribution in [3.63, 3.8) is 0 Å². The van der Waals surface area contributed by atoms with E-state index in [1.807, 2.05) is 24.3 Å². The maximum Gasteiger partial charge on any atom is 0.248 e. The average molecular weight is 282 g/mol. The number of carbonyl (C=O) groups excluding carboxylic acids is 1. The maximum absolute atomic E-state index is 12.8. The molecule has 0 unspecified atom stereocenters. The third-order valence-corrected chi connectivity index (χ3v) is 4.03. The number of para-hydroxylation sites is 1. The molecule has 0 radical (unpaired) electrons. The summed E-state index contributed by atoms with van der Waals surface area (Å²) in [6.07, 6.45) is 0. The first-order valence-electron chi connectivity index (χ1n) is 6.62. The molecule has 0 saturated heterocycles. The zero-order chi connectivity index (χ0) is 15.0. The molecular weight excluding hydrogens is 268 g/mol. The van der Waals surface area contributed by atoms with Gasteiger partial charge in [0.05, 0.1) is 0 Å². The Kier molecular flexibility index (Phi) is 2.97. The van der Waals surface area contributed by atoms with E-state index in [0.717, 1.165) is 5.69 Å². The molecule has 0 aromatic heterocycles. The van der Waals surface area contributed by atoms with Crippen LogP contribution in [-0.4, -0.2) is 24.4 Å². The lowest BCUT2D eigenvalue weighted by atomic mass is 9.75. The van der Waals surface area contributed by atoms with E-state index in [9.17, 15) is 14.9 Å². The lowest BCUT2D eigenvalue weighted by Crippen LogP contribution is -2.44. The molecule has 2 aromatic carbocycles. The summed E-state index contributed by atoms with van der Waals surface area (Å²) in [5, 5.41) is 11.2. The van der Waals surface area contributed by atoms with Crippen LogP contribution in [0.2, 0.25) is 0 Å². The smallest absolute Gasteiger partial charge is 0.248 e. The predicted molar refractivity (Wildman–Crippen MR) is 78.9 cm³/mol. The van der Waals surface area contributed by atoms with Gasteiger partial charge in [-0.15, -0.1) is 0 Å². The highest BCUT2D eigenvalue weighted by Crippen LogP contribution is 2.45. The van der Waals surface area contributed by atoms with Gasteiger partial charge in [-0.2, -0.15) is 0 Å². The van der Waals surface area contributed by atoms with Gasteiger partial charge in [-0.05, 0) is 11.6 Å². The van der Waals surface area contributed by atoms with E-state index in [-0.39, 0.29) is 5.91 Å². The van der Waals surface area contributed by atoms with Gasteiger partial charge in [-0.25, -0.2) is 0 Å². The molecule has 106 valence electrons. The average Bonchev–Trinajstić information content (AvgIpc) is 2.71. The Morgan fingerprint density at radius 1 is 1.10 bits per heavy atom. The second-order valence-electron chi connectivity index (χ2n) is 5.14. The van der Waals surface area contributed by atoms with Crippen molar-refractivity contribution in [3.05, 3.63) is 75.8 Å². The summed E-state index contributed by atoms with van der Waals surface area (Å²) >= 11 is 0. The first kappa shape index (κ1) is 13.3. The van der Waals surface area contributed by atoms with Crippen molar-refractivity contribution in [2.75, 3.05) is 18.5 Å². The van der Waals surface area contributed by atoms with E-state index in [1.165, 1.54) is 4.90 Å². The maximum atomic E-state index is 12.8. The van der Waals surface area contributed by atoms with Gasteiger partial charge in [0.25, 0.3) is 0 Å². The molecule has 2 aromatic rings. The van der Waals surface area contributed by atoms with Crippen LogP contribution in [0.15, 0.2) is 54.6 Å². The molecule has 5 heteroatoms. The molecule has 1 heterocycles. The van der Waals surface area contributed by atoms with Crippen LogP contribution in [0.25, 0.3) is 0 Å². The van der Waals surface area contributed by atoms with Gasteiger partial charge >= 0.3 is 0 Å².